The van der Waals surface area contributed by atoms with E-state index in [0.29, 0.717) is 11.5 Å². The van der Waals surface area contributed by atoms with Crippen LogP contribution in [0.1, 0.15) is 0 Å². The average molecular weight is 335 g/mol. The zero-order chi connectivity index (χ0) is 17.7. The number of aromatic amines is 1. The van der Waals surface area contributed by atoms with Crippen LogP contribution >= 0.6 is 0 Å². The molecule has 2 aliphatic heterocycles. The lowest BCUT2D eigenvalue weighted by molar-refractivity contribution is 0.754. The van der Waals surface area contributed by atoms with Gasteiger partial charge in [0, 0.05) is 19.7 Å². The van der Waals surface area contributed by atoms with Crippen LogP contribution in [-0.2, 0) is 14.1 Å². The summed E-state index contributed by atoms with van der Waals surface area (Å²) < 4.78 is 2.41. The summed E-state index contributed by atoms with van der Waals surface area (Å²) in [5.41, 5.74) is -0.232. The molecule has 3 heterocycles. The first kappa shape index (κ1) is 15.0. The van der Waals surface area contributed by atoms with Gasteiger partial charge in [-0.2, -0.15) is 4.98 Å². The highest BCUT2D eigenvalue weighted by Crippen LogP contribution is 2.21. The number of aryl methyl sites for hydroxylation is 1. The van der Waals surface area contributed by atoms with Gasteiger partial charge in [0.25, 0.3) is 11.1 Å². The molecule has 0 radical (unpaired) electrons. The van der Waals surface area contributed by atoms with Gasteiger partial charge in [0.15, 0.2) is 5.82 Å². The van der Waals surface area contributed by atoms with E-state index in [4.69, 9.17) is 0 Å². The number of nitrogens with zero attached hydrogens (tertiary/aromatic N) is 4. The molecule has 25 heavy (non-hydrogen) atoms. The number of aromatic nitrogens is 5. The summed E-state index contributed by atoms with van der Waals surface area (Å²) in [5, 5.41) is 0.257. The first-order valence-corrected chi connectivity index (χ1v) is 7.53. The number of hydrogen-bond acceptors (Lipinski definition) is 5. The summed E-state index contributed by atoms with van der Waals surface area (Å²) in [4.78, 5) is 47.9. The van der Waals surface area contributed by atoms with Crippen molar-refractivity contribution in [2.45, 2.75) is 0 Å². The molecule has 0 fully saturated rings. The quantitative estimate of drug-likeness (QED) is 0.510. The van der Waals surface area contributed by atoms with Crippen LogP contribution in [0, 0.1) is 0 Å². The van der Waals surface area contributed by atoms with E-state index < -0.39 is 11.2 Å². The molecular formula is C17H13N5O3. The molecule has 0 atom stereocenters. The minimum atomic E-state index is -0.652. The first-order chi connectivity index (χ1) is 12.0. The van der Waals surface area contributed by atoms with Crippen molar-refractivity contribution < 1.29 is 0 Å². The second-order valence-electron chi connectivity index (χ2n) is 5.72. The van der Waals surface area contributed by atoms with Crippen molar-refractivity contribution in [3.05, 3.63) is 67.6 Å². The minimum absolute atomic E-state index is 0.192. The number of rotatable bonds is 1. The van der Waals surface area contributed by atoms with E-state index in [1.54, 1.807) is 7.05 Å². The van der Waals surface area contributed by atoms with E-state index in [1.807, 2.05) is 30.3 Å². The Morgan fingerprint density at radius 2 is 1.68 bits per heavy atom. The molecule has 2 aromatic rings. The number of hydrogen-bond donors (Lipinski definition) is 1. The van der Waals surface area contributed by atoms with Crippen LogP contribution in [0.5, 0.6) is 0 Å². The Morgan fingerprint density at radius 3 is 2.40 bits per heavy atom. The summed E-state index contributed by atoms with van der Waals surface area (Å²) in [6.45, 7) is 0. The second-order valence-corrected chi connectivity index (χ2v) is 5.72. The molecule has 2 aliphatic rings. The molecule has 0 saturated heterocycles. The predicted octanol–water partition coefficient (Wildman–Crippen LogP) is 0.487. The zero-order valence-corrected chi connectivity index (χ0v) is 13.5. The van der Waals surface area contributed by atoms with Crippen molar-refractivity contribution >= 4 is 11.0 Å². The number of fused-ring (bicyclic) bond motifs is 2. The standard InChI is InChI=1S/C17H13N5O3/c1-21-13-10(8-11-14(21)20-17(25)22(2)16(11)24)15(23)19-12(18-13)9-6-4-3-5-7-9/h3-8H,1-2H3,(H,18,19,23). The van der Waals surface area contributed by atoms with Crippen LogP contribution in [0.3, 0.4) is 0 Å². The van der Waals surface area contributed by atoms with Gasteiger partial charge in [-0.15, -0.1) is 0 Å². The molecule has 0 amide bonds. The van der Waals surface area contributed by atoms with Gasteiger partial charge in [-0.25, -0.2) is 9.78 Å². The maximum Gasteiger partial charge on any atom is 0.352 e. The Hall–Kier alpha value is -3.55. The number of benzene rings is 1. The van der Waals surface area contributed by atoms with Gasteiger partial charge in [0.1, 0.15) is 11.5 Å². The fourth-order valence-corrected chi connectivity index (χ4v) is 2.80. The number of nitrogens with one attached hydrogen (secondary N) is 1. The van der Waals surface area contributed by atoms with Crippen molar-refractivity contribution in [3.63, 3.8) is 0 Å². The van der Waals surface area contributed by atoms with Gasteiger partial charge in [-0.1, -0.05) is 30.3 Å². The van der Waals surface area contributed by atoms with Gasteiger partial charge >= 0.3 is 5.69 Å². The molecule has 4 rings (SSSR count). The Labute approximate surface area is 140 Å². The molecule has 1 aromatic heterocycles. The molecule has 124 valence electrons. The predicted molar refractivity (Wildman–Crippen MR) is 92.7 cm³/mol. The molecule has 1 aromatic carbocycles. The van der Waals surface area contributed by atoms with Gasteiger partial charge in [-0.05, 0) is 6.07 Å². The van der Waals surface area contributed by atoms with Gasteiger partial charge in [0.2, 0.25) is 0 Å². The highest BCUT2D eigenvalue weighted by molar-refractivity contribution is 5.82. The number of pyridine rings is 1. The smallest absolute Gasteiger partial charge is 0.313 e. The van der Waals surface area contributed by atoms with E-state index in [1.165, 1.54) is 17.7 Å². The Morgan fingerprint density at radius 1 is 0.960 bits per heavy atom. The van der Waals surface area contributed by atoms with Crippen LogP contribution in [0.4, 0.5) is 0 Å². The molecule has 1 N–H and O–H groups in total. The van der Waals surface area contributed by atoms with Crippen LogP contribution < -0.4 is 16.8 Å². The Balaban J connectivity index is 2.17. The highest BCUT2D eigenvalue weighted by Gasteiger charge is 2.19. The Bertz CT molecular complexity index is 1270. The summed E-state index contributed by atoms with van der Waals surface area (Å²) >= 11 is 0. The van der Waals surface area contributed by atoms with Crippen molar-refractivity contribution in [3.8, 4) is 22.8 Å². The molecule has 0 saturated carbocycles. The van der Waals surface area contributed by atoms with Gasteiger partial charge in [-0.3, -0.25) is 14.2 Å². The molecule has 8 heteroatoms. The molecule has 8 nitrogen and oxygen atoms in total. The van der Waals surface area contributed by atoms with Gasteiger partial charge < -0.3 is 9.55 Å². The summed E-state index contributed by atoms with van der Waals surface area (Å²) in [6, 6.07) is 10.6. The fraction of sp³-hybridized carbons (Fsp3) is 0.118. The van der Waals surface area contributed by atoms with Crippen LogP contribution in [0.25, 0.3) is 33.8 Å². The van der Waals surface area contributed by atoms with Crippen molar-refractivity contribution in [1.82, 2.24) is 24.1 Å². The lowest BCUT2D eigenvalue weighted by Crippen LogP contribution is -2.36. The van der Waals surface area contributed by atoms with Crippen molar-refractivity contribution in [2.75, 3.05) is 0 Å². The van der Waals surface area contributed by atoms with Crippen LogP contribution in [-0.4, -0.2) is 24.1 Å². The maximum absolute atomic E-state index is 12.5. The third-order valence-corrected chi connectivity index (χ3v) is 4.17. The summed E-state index contributed by atoms with van der Waals surface area (Å²) in [5.74, 6) is 0.594. The molecule has 0 spiro atoms. The molecule has 0 aliphatic carbocycles. The van der Waals surface area contributed by atoms with Crippen LogP contribution in [0.2, 0.25) is 0 Å². The largest absolute Gasteiger partial charge is 0.352 e. The number of H-pyrrole nitrogens is 1. The fourth-order valence-electron chi connectivity index (χ4n) is 2.80. The molecule has 0 unspecified atom stereocenters. The summed E-state index contributed by atoms with van der Waals surface area (Å²) in [7, 11) is 2.97. The third-order valence-electron chi connectivity index (χ3n) is 4.17. The molecular weight excluding hydrogens is 322 g/mol. The SMILES string of the molecule is Cn1c(=O)nc2n(C)c3nc(-c4ccccc4)[nH]c(=O)c3cc-2c1=O. The zero-order valence-electron chi connectivity index (χ0n) is 13.5. The van der Waals surface area contributed by atoms with E-state index in [2.05, 4.69) is 15.0 Å². The van der Waals surface area contributed by atoms with Crippen molar-refractivity contribution in [1.29, 1.82) is 0 Å². The lowest BCUT2D eigenvalue weighted by Gasteiger charge is -2.14. The highest BCUT2D eigenvalue weighted by atomic mass is 16.2. The third kappa shape index (κ3) is 2.18. The van der Waals surface area contributed by atoms with Crippen molar-refractivity contribution in [2.24, 2.45) is 14.1 Å². The normalized spacial score (nSPS) is 11.3. The minimum Gasteiger partial charge on any atom is -0.313 e. The van der Waals surface area contributed by atoms with E-state index in [-0.39, 0.29) is 22.3 Å². The van der Waals surface area contributed by atoms with E-state index in [9.17, 15) is 14.4 Å². The van der Waals surface area contributed by atoms with E-state index in [0.717, 1.165) is 10.1 Å². The lowest BCUT2D eigenvalue weighted by atomic mass is 10.1. The average Bonchev–Trinajstić information content (AvgIpc) is 2.62. The topological polar surface area (TPSA) is 103 Å². The second kappa shape index (κ2) is 5.23. The first-order valence-electron chi connectivity index (χ1n) is 7.53. The summed E-state index contributed by atoms with van der Waals surface area (Å²) in [6.07, 6.45) is 0. The molecule has 0 bridgehead atoms. The van der Waals surface area contributed by atoms with Crippen LogP contribution in [0.15, 0.2) is 50.8 Å². The Kier molecular flexibility index (Phi) is 3.14. The van der Waals surface area contributed by atoms with E-state index >= 15 is 0 Å². The van der Waals surface area contributed by atoms with Gasteiger partial charge in [0.05, 0.1) is 10.9 Å². The maximum atomic E-state index is 12.5. The monoisotopic (exact) mass is 335 g/mol.